The number of carbonyl (C=O) groups is 1. The highest BCUT2D eigenvalue weighted by atomic mass is 19.1. The van der Waals surface area contributed by atoms with E-state index < -0.39 is 6.17 Å². The van der Waals surface area contributed by atoms with Crippen LogP contribution in [0.1, 0.15) is 13.3 Å². The average Bonchev–Trinajstić information content (AvgIpc) is 1.93. The number of carbonyl (C=O) groups excluding carboxylic acids is 1. The second-order valence-corrected chi connectivity index (χ2v) is 2.69. The summed E-state index contributed by atoms with van der Waals surface area (Å²) < 4.78 is 17.7. The van der Waals surface area contributed by atoms with E-state index in [9.17, 15) is 9.18 Å². The first kappa shape index (κ1) is 8.46. The van der Waals surface area contributed by atoms with Gasteiger partial charge in [0.1, 0.15) is 6.17 Å². The maximum atomic E-state index is 12.9. The minimum atomic E-state index is -1.05. The third kappa shape index (κ3) is 2.46. The number of ether oxygens (including phenoxy) is 1. The SMILES string of the molecule is CC(=O)N[C@H]1CCOC[C@@H]1F. The van der Waals surface area contributed by atoms with Gasteiger partial charge in [-0.25, -0.2) is 4.39 Å². The first-order valence-electron chi connectivity index (χ1n) is 3.69. The summed E-state index contributed by atoms with van der Waals surface area (Å²) in [7, 11) is 0. The van der Waals surface area contributed by atoms with Crippen molar-refractivity contribution >= 4 is 5.91 Å². The van der Waals surface area contributed by atoms with Crippen molar-refractivity contribution in [1.82, 2.24) is 5.32 Å². The lowest BCUT2D eigenvalue weighted by Crippen LogP contribution is -2.46. The lowest BCUT2D eigenvalue weighted by atomic mass is 10.1. The monoisotopic (exact) mass is 161 g/mol. The molecule has 2 atom stereocenters. The van der Waals surface area contributed by atoms with Crippen molar-refractivity contribution in [1.29, 1.82) is 0 Å². The molecule has 1 aliphatic heterocycles. The Hall–Kier alpha value is -0.640. The van der Waals surface area contributed by atoms with Gasteiger partial charge in [0.05, 0.1) is 12.6 Å². The zero-order chi connectivity index (χ0) is 8.27. The second-order valence-electron chi connectivity index (χ2n) is 2.69. The molecule has 64 valence electrons. The Morgan fingerprint density at radius 2 is 2.45 bits per heavy atom. The van der Waals surface area contributed by atoms with Gasteiger partial charge in [-0.05, 0) is 6.42 Å². The molecule has 11 heavy (non-hydrogen) atoms. The van der Waals surface area contributed by atoms with Crippen LogP contribution in [0.25, 0.3) is 0 Å². The van der Waals surface area contributed by atoms with Crippen LogP contribution in [0.2, 0.25) is 0 Å². The van der Waals surface area contributed by atoms with Crippen molar-refractivity contribution in [2.75, 3.05) is 13.2 Å². The number of halogens is 1. The molecule has 0 radical (unpaired) electrons. The molecule has 0 spiro atoms. The van der Waals surface area contributed by atoms with Gasteiger partial charge in [0.25, 0.3) is 0 Å². The van der Waals surface area contributed by atoms with Gasteiger partial charge in [-0.2, -0.15) is 0 Å². The fourth-order valence-corrected chi connectivity index (χ4v) is 1.13. The Morgan fingerprint density at radius 3 is 3.00 bits per heavy atom. The van der Waals surface area contributed by atoms with E-state index in [0.717, 1.165) is 0 Å². The molecular weight excluding hydrogens is 149 g/mol. The Balaban J connectivity index is 2.35. The molecule has 0 aromatic rings. The van der Waals surface area contributed by atoms with E-state index in [1.54, 1.807) is 0 Å². The number of alkyl halides is 1. The number of hydrogen-bond acceptors (Lipinski definition) is 2. The predicted octanol–water partition coefficient (Wildman–Crippen LogP) is 0.250. The molecule has 0 bridgehead atoms. The van der Waals surface area contributed by atoms with E-state index in [4.69, 9.17) is 4.74 Å². The second kappa shape index (κ2) is 3.67. The minimum Gasteiger partial charge on any atom is -0.378 e. The van der Waals surface area contributed by atoms with Crippen LogP contribution in [-0.4, -0.2) is 31.3 Å². The molecule has 0 aromatic carbocycles. The fourth-order valence-electron chi connectivity index (χ4n) is 1.13. The van der Waals surface area contributed by atoms with Gasteiger partial charge in [-0.3, -0.25) is 4.79 Å². The van der Waals surface area contributed by atoms with Crippen LogP contribution in [0.5, 0.6) is 0 Å². The van der Waals surface area contributed by atoms with E-state index in [1.165, 1.54) is 6.92 Å². The molecule has 0 aliphatic carbocycles. The fraction of sp³-hybridized carbons (Fsp3) is 0.857. The van der Waals surface area contributed by atoms with E-state index in [-0.39, 0.29) is 18.6 Å². The van der Waals surface area contributed by atoms with Gasteiger partial charge in [-0.15, -0.1) is 0 Å². The Bertz CT molecular complexity index is 151. The molecule has 0 unspecified atom stereocenters. The Morgan fingerprint density at radius 1 is 1.73 bits per heavy atom. The highest BCUT2D eigenvalue weighted by Crippen LogP contribution is 2.10. The summed E-state index contributed by atoms with van der Waals surface area (Å²) >= 11 is 0. The summed E-state index contributed by atoms with van der Waals surface area (Å²) in [5.41, 5.74) is 0. The summed E-state index contributed by atoms with van der Waals surface area (Å²) in [6, 6.07) is -0.346. The highest BCUT2D eigenvalue weighted by Gasteiger charge is 2.25. The van der Waals surface area contributed by atoms with Gasteiger partial charge >= 0.3 is 0 Å². The molecule has 1 saturated heterocycles. The van der Waals surface area contributed by atoms with Gasteiger partial charge in [0.2, 0.25) is 5.91 Å². The van der Waals surface area contributed by atoms with Gasteiger partial charge in [0, 0.05) is 13.5 Å². The molecule has 1 heterocycles. The Kier molecular flexibility index (Phi) is 2.82. The summed E-state index contributed by atoms with van der Waals surface area (Å²) in [5.74, 6) is -0.181. The van der Waals surface area contributed by atoms with Crippen molar-refractivity contribution in [3.05, 3.63) is 0 Å². The number of nitrogens with one attached hydrogen (secondary N) is 1. The molecule has 1 rings (SSSR count). The van der Waals surface area contributed by atoms with Gasteiger partial charge in [0.15, 0.2) is 0 Å². The molecular formula is C7H12FNO2. The molecule has 0 aromatic heterocycles. The van der Waals surface area contributed by atoms with Crippen LogP contribution >= 0.6 is 0 Å². The van der Waals surface area contributed by atoms with Crippen LogP contribution < -0.4 is 5.32 Å². The zero-order valence-electron chi connectivity index (χ0n) is 6.47. The lowest BCUT2D eigenvalue weighted by molar-refractivity contribution is -0.121. The average molecular weight is 161 g/mol. The molecule has 1 aliphatic rings. The molecule has 1 N–H and O–H groups in total. The minimum absolute atomic E-state index is 0.102. The van der Waals surface area contributed by atoms with Crippen LogP contribution in [0.3, 0.4) is 0 Å². The highest BCUT2D eigenvalue weighted by molar-refractivity contribution is 5.73. The molecule has 0 saturated carbocycles. The summed E-state index contributed by atoms with van der Waals surface area (Å²) in [6.45, 7) is 2.03. The maximum absolute atomic E-state index is 12.9. The van der Waals surface area contributed by atoms with Gasteiger partial charge in [-0.1, -0.05) is 0 Å². The smallest absolute Gasteiger partial charge is 0.217 e. The maximum Gasteiger partial charge on any atom is 0.217 e. The van der Waals surface area contributed by atoms with Crippen molar-refractivity contribution < 1.29 is 13.9 Å². The normalized spacial score (nSPS) is 31.5. The summed E-state index contributed by atoms with van der Waals surface area (Å²) in [6.07, 6.45) is -0.478. The van der Waals surface area contributed by atoms with E-state index in [1.807, 2.05) is 0 Å². The van der Waals surface area contributed by atoms with Crippen molar-refractivity contribution in [3.8, 4) is 0 Å². The van der Waals surface area contributed by atoms with Crippen molar-refractivity contribution in [3.63, 3.8) is 0 Å². The first-order chi connectivity index (χ1) is 5.20. The molecule has 1 fully saturated rings. The van der Waals surface area contributed by atoms with Crippen LogP contribution in [0, 0.1) is 0 Å². The molecule has 3 nitrogen and oxygen atoms in total. The predicted molar refractivity (Wildman–Crippen MR) is 37.9 cm³/mol. The largest absolute Gasteiger partial charge is 0.378 e. The number of hydrogen-bond donors (Lipinski definition) is 1. The lowest BCUT2D eigenvalue weighted by Gasteiger charge is -2.26. The van der Waals surface area contributed by atoms with E-state index in [0.29, 0.717) is 13.0 Å². The Labute approximate surface area is 64.9 Å². The van der Waals surface area contributed by atoms with E-state index >= 15 is 0 Å². The molecule has 1 amide bonds. The molecule has 4 heteroatoms. The third-order valence-electron chi connectivity index (χ3n) is 1.68. The summed E-state index contributed by atoms with van der Waals surface area (Å²) in [4.78, 5) is 10.5. The quantitative estimate of drug-likeness (QED) is 0.598. The van der Waals surface area contributed by atoms with Crippen molar-refractivity contribution in [2.45, 2.75) is 25.6 Å². The third-order valence-corrected chi connectivity index (χ3v) is 1.68. The van der Waals surface area contributed by atoms with Crippen LogP contribution in [0.4, 0.5) is 4.39 Å². The number of amides is 1. The standard InChI is InChI=1S/C7H12FNO2/c1-5(10)9-7-2-3-11-4-6(7)8/h6-7H,2-4H2,1H3,(H,9,10)/t6-,7-/m0/s1. The number of rotatable bonds is 1. The topological polar surface area (TPSA) is 38.3 Å². The summed E-state index contributed by atoms with van der Waals surface area (Å²) in [5, 5.41) is 2.54. The van der Waals surface area contributed by atoms with Crippen LogP contribution in [0.15, 0.2) is 0 Å². The van der Waals surface area contributed by atoms with Crippen LogP contribution in [-0.2, 0) is 9.53 Å². The van der Waals surface area contributed by atoms with Gasteiger partial charge < -0.3 is 10.1 Å². The first-order valence-corrected chi connectivity index (χ1v) is 3.69. The van der Waals surface area contributed by atoms with Crippen molar-refractivity contribution in [2.24, 2.45) is 0 Å². The zero-order valence-corrected chi connectivity index (χ0v) is 6.47. The van der Waals surface area contributed by atoms with E-state index in [2.05, 4.69) is 5.32 Å².